The molecule has 1 N–H and O–H groups in total. The van der Waals surface area contributed by atoms with Crippen LogP contribution in [0.5, 0.6) is 0 Å². The molecule has 1 aliphatic heterocycles. The van der Waals surface area contributed by atoms with Gasteiger partial charge in [0.15, 0.2) is 0 Å². The van der Waals surface area contributed by atoms with Crippen LogP contribution in [0.25, 0.3) is 0 Å². The molecule has 2 heterocycles. The van der Waals surface area contributed by atoms with Gasteiger partial charge in [0.05, 0.1) is 11.2 Å². The Labute approximate surface area is 92.9 Å². The van der Waals surface area contributed by atoms with Crippen LogP contribution in [-0.4, -0.2) is 16.3 Å². The minimum Gasteiger partial charge on any atom is -0.312 e. The topological polar surface area (TPSA) is 29.9 Å². The van der Waals surface area contributed by atoms with Gasteiger partial charge >= 0.3 is 0 Å². The van der Waals surface area contributed by atoms with E-state index in [1.807, 2.05) is 13.8 Å². The SMILES string of the molecule is CC.CC(C)(C)n1cc2c(n1)CCNC2. The van der Waals surface area contributed by atoms with Crippen molar-refractivity contribution in [2.75, 3.05) is 6.54 Å². The van der Waals surface area contributed by atoms with Crippen LogP contribution in [0.15, 0.2) is 6.20 Å². The summed E-state index contributed by atoms with van der Waals surface area (Å²) in [6, 6.07) is 0. The Morgan fingerprint density at radius 3 is 2.53 bits per heavy atom. The first kappa shape index (κ1) is 12.2. The van der Waals surface area contributed by atoms with Gasteiger partial charge in [0.2, 0.25) is 0 Å². The molecule has 0 saturated heterocycles. The second kappa shape index (κ2) is 4.79. The number of aromatic nitrogens is 2. The van der Waals surface area contributed by atoms with E-state index in [1.54, 1.807) is 0 Å². The zero-order valence-electron chi connectivity index (χ0n) is 10.6. The van der Waals surface area contributed by atoms with Crippen LogP contribution >= 0.6 is 0 Å². The van der Waals surface area contributed by atoms with E-state index in [0.717, 1.165) is 19.5 Å². The second-order valence-electron chi connectivity index (χ2n) is 4.64. The number of hydrogen-bond acceptors (Lipinski definition) is 2. The zero-order chi connectivity index (χ0) is 11.5. The normalized spacial score (nSPS) is 15.3. The predicted molar refractivity (Wildman–Crippen MR) is 64.0 cm³/mol. The van der Waals surface area contributed by atoms with Gasteiger partial charge in [-0.3, -0.25) is 4.68 Å². The maximum Gasteiger partial charge on any atom is 0.0682 e. The van der Waals surface area contributed by atoms with Crippen molar-refractivity contribution in [2.45, 2.75) is 53.1 Å². The van der Waals surface area contributed by atoms with Gasteiger partial charge in [0.1, 0.15) is 0 Å². The maximum atomic E-state index is 4.60. The van der Waals surface area contributed by atoms with Crippen molar-refractivity contribution in [1.82, 2.24) is 15.1 Å². The van der Waals surface area contributed by atoms with Crippen LogP contribution in [0, 0.1) is 0 Å². The Morgan fingerprint density at radius 2 is 2.00 bits per heavy atom. The minimum absolute atomic E-state index is 0.108. The fourth-order valence-corrected chi connectivity index (χ4v) is 1.58. The molecule has 0 aromatic carbocycles. The Hall–Kier alpha value is -0.830. The number of nitrogens with zero attached hydrogens (tertiary/aromatic N) is 2. The lowest BCUT2D eigenvalue weighted by molar-refractivity contribution is 0.353. The summed E-state index contributed by atoms with van der Waals surface area (Å²) in [5.41, 5.74) is 2.74. The van der Waals surface area contributed by atoms with Crippen LogP contribution < -0.4 is 5.32 Å². The summed E-state index contributed by atoms with van der Waals surface area (Å²) in [5.74, 6) is 0. The Kier molecular flexibility index (Phi) is 3.91. The first-order chi connectivity index (χ1) is 7.07. The van der Waals surface area contributed by atoms with Crippen molar-refractivity contribution >= 4 is 0 Å². The van der Waals surface area contributed by atoms with Crippen molar-refractivity contribution in [1.29, 1.82) is 0 Å². The lowest BCUT2D eigenvalue weighted by atomic mass is 10.1. The maximum absolute atomic E-state index is 4.60. The van der Waals surface area contributed by atoms with Crippen LogP contribution in [0.3, 0.4) is 0 Å². The molecule has 1 aromatic rings. The average molecular weight is 209 g/mol. The summed E-state index contributed by atoms with van der Waals surface area (Å²) in [4.78, 5) is 0. The van der Waals surface area contributed by atoms with Gasteiger partial charge in [-0.1, -0.05) is 13.8 Å². The molecule has 1 aromatic heterocycles. The first-order valence-corrected chi connectivity index (χ1v) is 5.86. The van der Waals surface area contributed by atoms with Crippen LogP contribution in [0.2, 0.25) is 0 Å². The molecule has 0 bridgehead atoms. The molecule has 0 saturated carbocycles. The minimum atomic E-state index is 0.108. The van der Waals surface area contributed by atoms with Crippen molar-refractivity contribution in [3.63, 3.8) is 0 Å². The molecular weight excluding hydrogens is 186 g/mol. The van der Waals surface area contributed by atoms with Crippen molar-refractivity contribution in [2.24, 2.45) is 0 Å². The summed E-state index contributed by atoms with van der Waals surface area (Å²) in [7, 11) is 0. The quantitative estimate of drug-likeness (QED) is 0.710. The van der Waals surface area contributed by atoms with E-state index >= 15 is 0 Å². The molecule has 0 unspecified atom stereocenters. The largest absolute Gasteiger partial charge is 0.312 e. The van der Waals surface area contributed by atoms with Gasteiger partial charge in [-0.25, -0.2) is 0 Å². The second-order valence-corrected chi connectivity index (χ2v) is 4.64. The summed E-state index contributed by atoms with van der Waals surface area (Å²) in [6.45, 7) is 12.6. The third kappa shape index (κ3) is 2.81. The van der Waals surface area contributed by atoms with Gasteiger partial charge in [-0.15, -0.1) is 0 Å². The highest BCUT2D eigenvalue weighted by Crippen LogP contribution is 2.18. The highest BCUT2D eigenvalue weighted by molar-refractivity contribution is 5.20. The summed E-state index contributed by atoms with van der Waals surface area (Å²) < 4.78 is 2.07. The van der Waals surface area contributed by atoms with Gasteiger partial charge in [0.25, 0.3) is 0 Å². The van der Waals surface area contributed by atoms with E-state index in [9.17, 15) is 0 Å². The molecule has 0 aliphatic carbocycles. The average Bonchev–Trinajstić information content (AvgIpc) is 2.63. The smallest absolute Gasteiger partial charge is 0.0682 e. The molecule has 3 nitrogen and oxygen atoms in total. The summed E-state index contributed by atoms with van der Waals surface area (Å²) in [6.07, 6.45) is 3.24. The molecular formula is C12H23N3. The van der Waals surface area contributed by atoms with Crippen molar-refractivity contribution < 1.29 is 0 Å². The van der Waals surface area contributed by atoms with E-state index < -0.39 is 0 Å². The van der Waals surface area contributed by atoms with Gasteiger partial charge in [0, 0.05) is 31.3 Å². The van der Waals surface area contributed by atoms with Gasteiger partial charge in [-0.2, -0.15) is 5.10 Å². The Balaban J connectivity index is 0.000000531. The fourth-order valence-electron chi connectivity index (χ4n) is 1.58. The number of fused-ring (bicyclic) bond motifs is 1. The van der Waals surface area contributed by atoms with E-state index in [2.05, 4.69) is 42.1 Å². The third-order valence-electron chi connectivity index (χ3n) is 2.42. The Morgan fingerprint density at radius 1 is 1.33 bits per heavy atom. The monoisotopic (exact) mass is 209 g/mol. The first-order valence-electron chi connectivity index (χ1n) is 5.86. The van der Waals surface area contributed by atoms with Crippen molar-refractivity contribution in [3.8, 4) is 0 Å². The molecule has 0 radical (unpaired) electrons. The zero-order valence-corrected chi connectivity index (χ0v) is 10.6. The predicted octanol–water partition coefficient (Wildman–Crippen LogP) is 2.31. The number of hydrogen-bond donors (Lipinski definition) is 1. The highest BCUT2D eigenvalue weighted by atomic mass is 15.3. The van der Waals surface area contributed by atoms with Crippen LogP contribution in [0.4, 0.5) is 0 Å². The summed E-state index contributed by atoms with van der Waals surface area (Å²) >= 11 is 0. The Bertz CT molecular complexity index is 284. The standard InChI is InChI=1S/C10H17N3.C2H6/c1-10(2,3)13-7-8-6-11-5-4-9(8)12-13;1-2/h7,11H,4-6H2,1-3H3;1-2H3. The van der Waals surface area contributed by atoms with E-state index in [4.69, 9.17) is 0 Å². The molecule has 2 rings (SSSR count). The molecule has 86 valence electrons. The van der Waals surface area contributed by atoms with Crippen LogP contribution in [0.1, 0.15) is 45.9 Å². The molecule has 0 fully saturated rings. The fraction of sp³-hybridized carbons (Fsp3) is 0.750. The molecule has 1 aliphatic rings. The molecule has 15 heavy (non-hydrogen) atoms. The molecule has 0 spiro atoms. The molecule has 3 heteroatoms. The number of rotatable bonds is 0. The van der Waals surface area contributed by atoms with Crippen LogP contribution in [-0.2, 0) is 18.5 Å². The highest BCUT2D eigenvalue weighted by Gasteiger charge is 2.19. The third-order valence-corrected chi connectivity index (χ3v) is 2.42. The van der Waals surface area contributed by atoms with Gasteiger partial charge in [-0.05, 0) is 20.8 Å². The van der Waals surface area contributed by atoms with Crippen molar-refractivity contribution in [3.05, 3.63) is 17.5 Å². The van der Waals surface area contributed by atoms with Gasteiger partial charge < -0.3 is 5.32 Å². The lowest BCUT2D eigenvalue weighted by Crippen LogP contribution is -2.23. The molecule has 0 amide bonds. The summed E-state index contributed by atoms with van der Waals surface area (Å²) in [5, 5.41) is 7.95. The van der Waals surface area contributed by atoms with E-state index in [-0.39, 0.29) is 5.54 Å². The lowest BCUT2D eigenvalue weighted by Gasteiger charge is -2.18. The number of nitrogens with one attached hydrogen (secondary N) is 1. The van der Waals surface area contributed by atoms with E-state index in [1.165, 1.54) is 11.3 Å². The van der Waals surface area contributed by atoms with E-state index in [0.29, 0.717) is 0 Å². The molecule has 0 atom stereocenters.